The summed E-state index contributed by atoms with van der Waals surface area (Å²) in [5.74, 6) is 0.729. The first-order chi connectivity index (χ1) is 11.3. The molecule has 1 saturated heterocycles. The van der Waals surface area contributed by atoms with Gasteiger partial charge in [-0.2, -0.15) is 0 Å². The van der Waals surface area contributed by atoms with E-state index in [9.17, 15) is 4.79 Å². The number of ketones is 1. The van der Waals surface area contributed by atoms with E-state index in [1.807, 2.05) is 6.07 Å². The molecule has 120 valence electrons. The summed E-state index contributed by atoms with van der Waals surface area (Å²) in [7, 11) is 1.66. The Kier molecular flexibility index (Phi) is 4.95. The van der Waals surface area contributed by atoms with Crippen molar-refractivity contribution < 1.29 is 14.3 Å². The molecular formula is C17H19N3O3. The van der Waals surface area contributed by atoms with Gasteiger partial charge in [-0.25, -0.2) is 4.98 Å². The van der Waals surface area contributed by atoms with Crippen molar-refractivity contribution in [1.82, 2.24) is 9.97 Å². The highest BCUT2D eigenvalue weighted by atomic mass is 16.5. The first kappa shape index (κ1) is 15.6. The SMILES string of the molecule is COCC1CN(c2cc(C(=O)c3cccnc3)ccn2)CCO1. The molecule has 0 bridgehead atoms. The van der Waals surface area contributed by atoms with Crippen molar-refractivity contribution in [3.05, 3.63) is 54.0 Å². The Morgan fingerprint density at radius 1 is 1.39 bits per heavy atom. The van der Waals surface area contributed by atoms with Crippen LogP contribution in [0.4, 0.5) is 5.82 Å². The second-order valence-electron chi connectivity index (χ2n) is 5.37. The lowest BCUT2D eigenvalue weighted by molar-refractivity contribution is -0.0102. The van der Waals surface area contributed by atoms with Gasteiger partial charge < -0.3 is 14.4 Å². The highest BCUT2D eigenvalue weighted by molar-refractivity contribution is 6.09. The van der Waals surface area contributed by atoms with E-state index in [1.54, 1.807) is 43.9 Å². The second kappa shape index (κ2) is 7.30. The third kappa shape index (κ3) is 3.72. The molecule has 6 heteroatoms. The Morgan fingerprint density at radius 3 is 3.09 bits per heavy atom. The zero-order valence-electron chi connectivity index (χ0n) is 13.0. The van der Waals surface area contributed by atoms with Gasteiger partial charge in [0.2, 0.25) is 0 Å². The predicted octanol–water partition coefficient (Wildman–Crippen LogP) is 1.56. The largest absolute Gasteiger partial charge is 0.382 e. The Labute approximate surface area is 135 Å². The smallest absolute Gasteiger partial charge is 0.194 e. The van der Waals surface area contributed by atoms with Crippen LogP contribution >= 0.6 is 0 Å². The molecule has 0 saturated carbocycles. The Bertz CT molecular complexity index is 661. The summed E-state index contributed by atoms with van der Waals surface area (Å²) in [6.07, 6.45) is 4.91. The van der Waals surface area contributed by atoms with Crippen molar-refractivity contribution in [1.29, 1.82) is 0 Å². The maximum absolute atomic E-state index is 12.5. The molecule has 1 unspecified atom stereocenters. The lowest BCUT2D eigenvalue weighted by Crippen LogP contribution is -2.44. The highest BCUT2D eigenvalue weighted by Gasteiger charge is 2.22. The number of morpholine rings is 1. The van der Waals surface area contributed by atoms with Crippen LogP contribution in [-0.4, -0.2) is 55.3 Å². The van der Waals surface area contributed by atoms with Crippen molar-refractivity contribution in [2.24, 2.45) is 0 Å². The fourth-order valence-electron chi connectivity index (χ4n) is 2.61. The van der Waals surface area contributed by atoms with Gasteiger partial charge in [-0.15, -0.1) is 0 Å². The molecule has 0 aromatic carbocycles. The molecule has 1 aliphatic rings. The molecule has 2 aromatic rings. The van der Waals surface area contributed by atoms with Crippen LogP contribution in [0.25, 0.3) is 0 Å². The van der Waals surface area contributed by atoms with Crippen LogP contribution in [0.3, 0.4) is 0 Å². The van der Waals surface area contributed by atoms with Crippen molar-refractivity contribution in [2.75, 3.05) is 38.3 Å². The molecule has 0 aliphatic carbocycles. The van der Waals surface area contributed by atoms with Gasteiger partial charge in [0, 0.05) is 49.9 Å². The molecule has 2 aromatic heterocycles. The number of ether oxygens (including phenoxy) is 2. The van der Waals surface area contributed by atoms with E-state index in [-0.39, 0.29) is 11.9 Å². The number of anilines is 1. The summed E-state index contributed by atoms with van der Waals surface area (Å²) in [6, 6.07) is 7.07. The molecule has 0 amide bonds. The van der Waals surface area contributed by atoms with Crippen molar-refractivity contribution in [3.63, 3.8) is 0 Å². The number of hydrogen-bond acceptors (Lipinski definition) is 6. The van der Waals surface area contributed by atoms with E-state index in [0.29, 0.717) is 30.9 Å². The predicted molar refractivity (Wildman–Crippen MR) is 85.7 cm³/mol. The minimum absolute atomic E-state index is 0.0215. The molecule has 1 fully saturated rings. The molecule has 0 spiro atoms. The van der Waals surface area contributed by atoms with Crippen LogP contribution in [-0.2, 0) is 9.47 Å². The fraction of sp³-hybridized carbons (Fsp3) is 0.353. The van der Waals surface area contributed by atoms with E-state index >= 15 is 0 Å². The monoisotopic (exact) mass is 313 g/mol. The summed E-state index contributed by atoms with van der Waals surface area (Å²) in [4.78, 5) is 23.0. The van der Waals surface area contributed by atoms with E-state index in [4.69, 9.17) is 9.47 Å². The molecule has 1 aliphatic heterocycles. The molecule has 23 heavy (non-hydrogen) atoms. The Balaban J connectivity index is 1.78. The standard InChI is InChI=1S/C17H19N3O3/c1-22-12-15-11-20(7-8-23-15)16-9-13(4-6-19-16)17(21)14-3-2-5-18-10-14/h2-6,9-10,15H,7-8,11-12H2,1H3. The van der Waals surface area contributed by atoms with Crippen LogP contribution in [0.2, 0.25) is 0 Å². The molecular weight excluding hydrogens is 294 g/mol. The number of pyridine rings is 2. The number of rotatable bonds is 5. The summed E-state index contributed by atoms with van der Waals surface area (Å²) in [5, 5.41) is 0. The molecule has 3 rings (SSSR count). The number of nitrogens with zero attached hydrogens (tertiary/aromatic N) is 3. The topological polar surface area (TPSA) is 64.5 Å². The number of carbonyl (C=O) groups excluding carboxylic acids is 1. The van der Waals surface area contributed by atoms with E-state index in [0.717, 1.165) is 12.4 Å². The van der Waals surface area contributed by atoms with Gasteiger partial charge in [0.05, 0.1) is 19.3 Å². The van der Waals surface area contributed by atoms with Crippen molar-refractivity contribution >= 4 is 11.6 Å². The van der Waals surface area contributed by atoms with Gasteiger partial charge in [0.25, 0.3) is 0 Å². The number of hydrogen-bond donors (Lipinski definition) is 0. The van der Waals surface area contributed by atoms with Gasteiger partial charge in [-0.1, -0.05) is 0 Å². The second-order valence-corrected chi connectivity index (χ2v) is 5.37. The highest BCUT2D eigenvalue weighted by Crippen LogP contribution is 2.18. The third-order valence-corrected chi connectivity index (χ3v) is 3.75. The average Bonchev–Trinajstić information content (AvgIpc) is 2.62. The number of methoxy groups -OCH3 is 1. The molecule has 1 atom stereocenters. The number of aromatic nitrogens is 2. The summed E-state index contributed by atoms with van der Waals surface area (Å²) >= 11 is 0. The first-order valence-corrected chi connectivity index (χ1v) is 7.54. The molecule has 0 N–H and O–H groups in total. The normalized spacial score (nSPS) is 18.0. The zero-order valence-corrected chi connectivity index (χ0v) is 13.0. The summed E-state index contributed by atoms with van der Waals surface area (Å²) < 4.78 is 10.8. The summed E-state index contributed by atoms with van der Waals surface area (Å²) in [6.45, 7) is 2.62. The van der Waals surface area contributed by atoms with Gasteiger partial charge in [0.1, 0.15) is 5.82 Å². The van der Waals surface area contributed by atoms with E-state index in [1.165, 1.54) is 0 Å². The van der Waals surface area contributed by atoms with Gasteiger partial charge in [0.15, 0.2) is 5.78 Å². The fourth-order valence-corrected chi connectivity index (χ4v) is 2.61. The van der Waals surface area contributed by atoms with E-state index < -0.39 is 0 Å². The van der Waals surface area contributed by atoms with Crippen LogP contribution in [0.5, 0.6) is 0 Å². The van der Waals surface area contributed by atoms with Gasteiger partial charge >= 0.3 is 0 Å². The average molecular weight is 313 g/mol. The first-order valence-electron chi connectivity index (χ1n) is 7.54. The molecule has 3 heterocycles. The van der Waals surface area contributed by atoms with Crippen LogP contribution in [0, 0.1) is 0 Å². The Hall–Kier alpha value is -2.31. The van der Waals surface area contributed by atoms with Crippen molar-refractivity contribution in [2.45, 2.75) is 6.10 Å². The molecule has 6 nitrogen and oxygen atoms in total. The van der Waals surface area contributed by atoms with Crippen LogP contribution < -0.4 is 4.90 Å². The maximum Gasteiger partial charge on any atom is 0.194 e. The van der Waals surface area contributed by atoms with Gasteiger partial charge in [-0.05, 0) is 24.3 Å². The van der Waals surface area contributed by atoms with Gasteiger partial charge in [-0.3, -0.25) is 9.78 Å². The van der Waals surface area contributed by atoms with E-state index in [2.05, 4.69) is 14.9 Å². The lowest BCUT2D eigenvalue weighted by atomic mass is 10.1. The van der Waals surface area contributed by atoms with Crippen LogP contribution in [0.1, 0.15) is 15.9 Å². The number of carbonyl (C=O) groups is 1. The summed E-state index contributed by atoms with van der Waals surface area (Å²) in [5.41, 5.74) is 1.18. The lowest BCUT2D eigenvalue weighted by Gasteiger charge is -2.33. The maximum atomic E-state index is 12.5. The minimum Gasteiger partial charge on any atom is -0.382 e. The van der Waals surface area contributed by atoms with Crippen molar-refractivity contribution in [3.8, 4) is 0 Å². The Morgan fingerprint density at radius 2 is 2.30 bits per heavy atom. The quantitative estimate of drug-likeness (QED) is 0.781. The van der Waals surface area contributed by atoms with Crippen LogP contribution in [0.15, 0.2) is 42.9 Å². The minimum atomic E-state index is -0.0524. The third-order valence-electron chi connectivity index (χ3n) is 3.75. The zero-order chi connectivity index (χ0) is 16.1. The molecule has 0 radical (unpaired) electrons.